The van der Waals surface area contributed by atoms with Crippen molar-refractivity contribution in [3.8, 4) is 0 Å². The average molecular weight is 259 g/mol. The van der Waals surface area contributed by atoms with Crippen LogP contribution in [0, 0.1) is 0 Å². The molecule has 2 aromatic rings. The van der Waals surface area contributed by atoms with Gasteiger partial charge in [-0.1, -0.05) is 0 Å². The van der Waals surface area contributed by atoms with Gasteiger partial charge in [0, 0.05) is 41.9 Å². The third-order valence-electron chi connectivity index (χ3n) is 3.87. The van der Waals surface area contributed by atoms with Crippen molar-refractivity contribution in [1.82, 2.24) is 9.47 Å². The number of rotatable bonds is 1. The van der Waals surface area contributed by atoms with Crippen molar-refractivity contribution in [3.05, 3.63) is 30.5 Å². The molecule has 0 bridgehead atoms. The number of hydrogen-bond acceptors (Lipinski definition) is 2. The number of benzene rings is 1. The van der Waals surface area contributed by atoms with Gasteiger partial charge in [0.2, 0.25) is 0 Å². The molecule has 0 unspecified atom stereocenters. The molecule has 0 saturated carbocycles. The molecule has 1 amide bonds. The summed E-state index contributed by atoms with van der Waals surface area (Å²) in [5, 5.41) is 10.1. The Labute approximate surface area is 111 Å². The van der Waals surface area contributed by atoms with Crippen LogP contribution in [-0.4, -0.2) is 33.8 Å². The second-order valence-electron chi connectivity index (χ2n) is 5.04. The molecule has 1 fully saturated rings. The van der Waals surface area contributed by atoms with Gasteiger partial charge in [-0.25, -0.2) is 4.79 Å². The van der Waals surface area contributed by atoms with E-state index in [0.29, 0.717) is 19.1 Å². The fourth-order valence-corrected chi connectivity index (χ4v) is 2.84. The number of likely N-dealkylation sites (tertiary alicyclic amines) is 1. The first kappa shape index (κ1) is 11.9. The Morgan fingerprint density at radius 2 is 2.00 bits per heavy atom. The van der Waals surface area contributed by atoms with Crippen LogP contribution >= 0.6 is 0 Å². The lowest BCUT2D eigenvalue weighted by Crippen LogP contribution is -2.37. The summed E-state index contributed by atoms with van der Waals surface area (Å²) < 4.78 is 2.24. The first-order valence-corrected chi connectivity index (χ1v) is 6.49. The van der Waals surface area contributed by atoms with E-state index in [1.807, 2.05) is 18.2 Å². The van der Waals surface area contributed by atoms with E-state index in [1.54, 1.807) is 0 Å². The van der Waals surface area contributed by atoms with Crippen molar-refractivity contribution in [2.75, 3.05) is 18.8 Å². The first-order valence-electron chi connectivity index (χ1n) is 6.49. The van der Waals surface area contributed by atoms with Gasteiger partial charge in [0.05, 0.1) is 0 Å². The number of piperidine rings is 1. The molecule has 100 valence electrons. The highest BCUT2D eigenvalue weighted by Crippen LogP contribution is 2.28. The fraction of sp³-hybridized carbons (Fsp3) is 0.357. The first-order chi connectivity index (χ1) is 9.15. The van der Waals surface area contributed by atoms with Crippen molar-refractivity contribution in [2.45, 2.75) is 18.9 Å². The number of fused-ring (bicyclic) bond motifs is 1. The number of carbonyl (C=O) groups is 1. The highest BCUT2D eigenvalue weighted by Gasteiger charge is 2.23. The molecule has 0 radical (unpaired) electrons. The molecule has 0 atom stereocenters. The van der Waals surface area contributed by atoms with Gasteiger partial charge in [0.25, 0.3) is 0 Å². The minimum absolute atomic E-state index is 0.372. The van der Waals surface area contributed by atoms with Crippen molar-refractivity contribution in [2.24, 2.45) is 0 Å². The summed E-state index contributed by atoms with van der Waals surface area (Å²) in [6.07, 6.45) is 2.98. The Morgan fingerprint density at radius 3 is 2.68 bits per heavy atom. The summed E-state index contributed by atoms with van der Waals surface area (Å²) in [5.74, 6) is 0. The van der Waals surface area contributed by atoms with E-state index in [2.05, 4.69) is 16.8 Å². The summed E-state index contributed by atoms with van der Waals surface area (Å²) in [6, 6.07) is 8.35. The van der Waals surface area contributed by atoms with Crippen LogP contribution in [0.5, 0.6) is 0 Å². The van der Waals surface area contributed by atoms with E-state index >= 15 is 0 Å². The highest BCUT2D eigenvalue weighted by molar-refractivity contribution is 5.83. The van der Waals surface area contributed by atoms with E-state index in [4.69, 9.17) is 10.8 Å². The Kier molecular flexibility index (Phi) is 2.81. The SMILES string of the molecule is Nc1ccc2c(ccn2C2CCN(C(=O)O)CC2)c1. The van der Waals surface area contributed by atoms with E-state index in [0.717, 1.165) is 23.9 Å². The molecule has 3 rings (SSSR count). The summed E-state index contributed by atoms with van der Waals surface area (Å²) in [5.41, 5.74) is 7.72. The minimum atomic E-state index is -0.816. The molecular weight excluding hydrogens is 242 g/mol. The van der Waals surface area contributed by atoms with Gasteiger partial charge in [-0.3, -0.25) is 0 Å². The van der Waals surface area contributed by atoms with Crippen molar-refractivity contribution < 1.29 is 9.90 Å². The number of amides is 1. The number of aromatic nitrogens is 1. The number of nitrogen functional groups attached to an aromatic ring is 1. The lowest BCUT2D eigenvalue weighted by atomic mass is 10.1. The van der Waals surface area contributed by atoms with Crippen LogP contribution in [0.4, 0.5) is 10.5 Å². The quantitative estimate of drug-likeness (QED) is 0.773. The Hall–Kier alpha value is -2.17. The van der Waals surface area contributed by atoms with Crippen molar-refractivity contribution in [1.29, 1.82) is 0 Å². The monoisotopic (exact) mass is 259 g/mol. The van der Waals surface area contributed by atoms with Crippen LogP contribution in [0.2, 0.25) is 0 Å². The third-order valence-corrected chi connectivity index (χ3v) is 3.87. The van der Waals surface area contributed by atoms with Gasteiger partial charge >= 0.3 is 6.09 Å². The zero-order chi connectivity index (χ0) is 13.4. The number of nitrogens with two attached hydrogens (primary N) is 1. The average Bonchev–Trinajstić information content (AvgIpc) is 2.81. The van der Waals surface area contributed by atoms with Gasteiger partial charge in [-0.15, -0.1) is 0 Å². The lowest BCUT2D eigenvalue weighted by molar-refractivity contribution is 0.126. The smallest absolute Gasteiger partial charge is 0.407 e. The van der Waals surface area contributed by atoms with Gasteiger partial charge < -0.3 is 20.3 Å². The Morgan fingerprint density at radius 1 is 1.26 bits per heavy atom. The summed E-state index contributed by atoms with van der Waals surface area (Å²) in [4.78, 5) is 12.4. The van der Waals surface area contributed by atoms with Crippen molar-refractivity contribution >= 4 is 22.7 Å². The molecule has 1 aliphatic heterocycles. The number of nitrogens with zero attached hydrogens (tertiary/aromatic N) is 2. The molecule has 1 aliphatic rings. The predicted molar refractivity (Wildman–Crippen MR) is 74.2 cm³/mol. The largest absolute Gasteiger partial charge is 0.465 e. The van der Waals surface area contributed by atoms with E-state index in [-0.39, 0.29) is 0 Å². The van der Waals surface area contributed by atoms with E-state index in [1.165, 1.54) is 10.4 Å². The minimum Gasteiger partial charge on any atom is -0.465 e. The van der Waals surface area contributed by atoms with Crippen LogP contribution in [0.25, 0.3) is 10.9 Å². The van der Waals surface area contributed by atoms with Crippen LogP contribution in [-0.2, 0) is 0 Å². The zero-order valence-electron chi connectivity index (χ0n) is 10.6. The molecular formula is C14H17N3O2. The van der Waals surface area contributed by atoms with Gasteiger partial charge in [-0.2, -0.15) is 0 Å². The number of carboxylic acid groups (broad SMARTS) is 1. The maximum absolute atomic E-state index is 10.9. The summed E-state index contributed by atoms with van der Waals surface area (Å²) in [7, 11) is 0. The zero-order valence-corrected chi connectivity index (χ0v) is 10.6. The van der Waals surface area contributed by atoms with Crippen LogP contribution in [0.15, 0.2) is 30.5 Å². The fourth-order valence-electron chi connectivity index (χ4n) is 2.84. The second-order valence-corrected chi connectivity index (χ2v) is 5.04. The van der Waals surface area contributed by atoms with Crippen molar-refractivity contribution in [3.63, 3.8) is 0 Å². The topological polar surface area (TPSA) is 71.5 Å². The molecule has 3 N–H and O–H groups in total. The Bertz CT molecular complexity index is 612. The summed E-state index contributed by atoms with van der Waals surface area (Å²) in [6.45, 7) is 1.21. The molecule has 5 nitrogen and oxygen atoms in total. The number of anilines is 1. The molecule has 0 aliphatic carbocycles. The molecule has 1 aromatic heterocycles. The lowest BCUT2D eigenvalue weighted by Gasteiger charge is -2.31. The summed E-state index contributed by atoms with van der Waals surface area (Å²) >= 11 is 0. The molecule has 1 aromatic carbocycles. The third kappa shape index (κ3) is 2.12. The van der Waals surface area contributed by atoms with Gasteiger partial charge in [0.15, 0.2) is 0 Å². The highest BCUT2D eigenvalue weighted by atomic mass is 16.4. The normalized spacial score (nSPS) is 16.9. The molecule has 19 heavy (non-hydrogen) atoms. The van der Waals surface area contributed by atoms with Gasteiger partial charge in [0.1, 0.15) is 0 Å². The molecule has 1 saturated heterocycles. The Balaban J connectivity index is 1.84. The van der Waals surface area contributed by atoms with E-state index < -0.39 is 6.09 Å². The van der Waals surface area contributed by atoms with Gasteiger partial charge in [-0.05, 0) is 37.1 Å². The maximum Gasteiger partial charge on any atom is 0.407 e. The van der Waals surface area contributed by atoms with Crippen LogP contribution in [0.1, 0.15) is 18.9 Å². The van der Waals surface area contributed by atoms with Crippen LogP contribution < -0.4 is 5.73 Å². The molecule has 0 spiro atoms. The molecule has 5 heteroatoms. The predicted octanol–water partition coefficient (Wildman–Crippen LogP) is 2.54. The standard InChI is InChI=1S/C14H17N3O2/c15-11-1-2-13-10(9-11)3-8-17(13)12-4-6-16(7-5-12)14(18)19/h1-3,8-9,12H,4-7,15H2,(H,18,19). The maximum atomic E-state index is 10.9. The second kappa shape index (κ2) is 4.50. The number of hydrogen-bond donors (Lipinski definition) is 2. The van der Waals surface area contributed by atoms with Crippen LogP contribution in [0.3, 0.4) is 0 Å². The van der Waals surface area contributed by atoms with E-state index in [9.17, 15) is 4.79 Å². The molecule has 2 heterocycles.